The summed E-state index contributed by atoms with van der Waals surface area (Å²) < 4.78 is 28.3. The van der Waals surface area contributed by atoms with Crippen LogP contribution in [0, 0.1) is 0 Å². The van der Waals surface area contributed by atoms with E-state index in [9.17, 15) is 8.78 Å². The van der Waals surface area contributed by atoms with Crippen LogP contribution in [0.3, 0.4) is 0 Å². The number of hydrogen-bond acceptors (Lipinski definition) is 3. The molecule has 1 aromatic rings. The van der Waals surface area contributed by atoms with E-state index in [1.54, 1.807) is 24.3 Å². The number of ether oxygens (including phenoxy) is 1. The average Bonchev–Trinajstić information content (AvgIpc) is 3.19. The van der Waals surface area contributed by atoms with Crippen molar-refractivity contribution in [3.63, 3.8) is 0 Å². The molecule has 0 radical (unpaired) electrons. The van der Waals surface area contributed by atoms with Crippen LogP contribution >= 0.6 is 0 Å². The highest BCUT2D eigenvalue weighted by Crippen LogP contribution is 2.18. The fraction of sp³-hybridized carbons (Fsp3) is 0.571. The van der Waals surface area contributed by atoms with Crippen LogP contribution in [0.4, 0.5) is 8.78 Å². The van der Waals surface area contributed by atoms with Gasteiger partial charge in [0.1, 0.15) is 5.75 Å². The van der Waals surface area contributed by atoms with Crippen molar-refractivity contribution in [2.45, 2.75) is 45.0 Å². The van der Waals surface area contributed by atoms with Gasteiger partial charge < -0.3 is 15.4 Å². The minimum atomic E-state index is -2.77. The van der Waals surface area contributed by atoms with Crippen LogP contribution in [0.25, 0.3) is 0 Å². The number of nitrogens with one attached hydrogen (secondary N) is 2. The van der Waals surface area contributed by atoms with Crippen LogP contribution in [0.2, 0.25) is 0 Å². The maximum absolute atomic E-state index is 12.0. The number of hydrogen-bond donors (Lipinski definition) is 2. The molecule has 0 aliphatic heterocycles. The van der Waals surface area contributed by atoms with E-state index in [0.717, 1.165) is 24.7 Å². The minimum absolute atomic E-state index is 0.196. The molecule has 5 heteroatoms. The summed E-state index contributed by atoms with van der Waals surface area (Å²) >= 11 is 0. The van der Waals surface area contributed by atoms with E-state index in [1.165, 1.54) is 12.8 Å². The van der Waals surface area contributed by atoms with Crippen molar-refractivity contribution in [3.05, 3.63) is 29.8 Å². The second-order valence-electron chi connectivity index (χ2n) is 4.99. The molecule has 0 amide bonds. The monoisotopic (exact) mass is 270 g/mol. The average molecular weight is 270 g/mol. The molecule has 106 valence electrons. The third-order valence-electron chi connectivity index (χ3n) is 3.09. The van der Waals surface area contributed by atoms with E-state index in [-0.39, 0.29) is 5.75 Å². The summed E-state index contributed by atoms with van der Waals surface area (Å²) in [5, 5.41) is 6.85. The fourth-order valence-corrected chi connectivity index (χ4v) is 1.78. The Hall–Kier alpha value is -1.20. The maximum Gasteiger partial charge on any atom is 0.387 e. The minimum Gasteiger partial charge on any atom is -0.435 e. The van der Waals surface area contributed by atoms with E-state index in [2.05, 4.69) is 22.3 Å². The van der Waals surface area contributed by atoms with E-state index < -0.39 is 6.61 Å². The van der Waals surface area contributed by atoms with Crippen molar-refractivity contribution >= 4 is 0 Å². The van der Waals surface area contributed by atoms with Gasteiger partial charge in [0.05, 0.1) is 0 Å². The molecule has 1 aliphatic carbocycles. The molecule has 0 spiro atoms. The summed E-state index contributed by atoms with van der Waals surface area (Å²) in [5.41, 5.74) is 1.06. The van der Waals surface area contributed by atoms with Gasteiger partial charge >= 0.3 is 6.61 Å². The van der Waals surface area contributed by atoms with E-state index >= 15 is 0 Å². The normalized spacial score (nSPS) is 16.6. The number of alkyl halides is 2. The molecule has 0 saturated heterocycles. The lowest BCUT2D eigenvalue weighted by molar-refractivity contribution is -0.0498. The molecule has 1 saturated carbocycles. The Labute approximate surface area is 112 Å². The lowest BCUT2D eigenvalue weighted by Gasteiger charge is -2.14. The molecule has 1 atom stereocenters. The first-order valence-electron chi connectivity index (χ1n) is 6.64. The van der Waals surface area contributed by atoms with Gasteiger partial charge in [0, 0.05) is 25.2 Å². The van der Waals surface area contributed by atoms with Crippen LogP contribution in [-0.4, -0.2) is 25.2 Å². The molecule has 19 heavy (non-hydrogen) atoms. The van der Waals surface area contributed by atoms with Gasteiger partial charge in [-0.15, -0.1) is 0 Å². The Morgan fingerprint density at radius 3 is 2.53 bits per heavy atom. The molecule has 0 heterocycles. The molecule has 1 aromatic carbocycles. The third-order valence-corrected chi connectivity index (χ3v) is 3.09. The predicted octanol–water partition coefficient (Wildman–Crippen LogP) is 2.52. The molecule has 0 bridgehead atoms. The highest BCUT2D eigenvalue weighted by atomic mass is 19.3. The van der Waals surface area contributed by atoms with Crippen molar-refractivity contribution in [1.82, 2.24) is 10.6 Å². The second-order valence-corrected chi connectivity index (χ2v) is 4.99. The quantitative estimate of drug-likeness (QED) is 0.761. The smallest absolute Gasteiger partial charge is 0.387 e. The third kappa shape index (κ3) is 5.53. The Morgan fingerprint density at radius 2 is 1.95 bits per heavy atom. The van der Waals surface area contributed by atoms with Gasteiger partial charge in [-0.05, 0) is 37.5 Å². The summed E-state index contributed by atoms with van der Waals surface area (Å²) in [6, 6.07) is 7.83. The van der Waals surface area contributed by atoms with Gasteiger partial charge in [0.2, 0.25) is 0 Å². The Morgan fingerprint density at radius 1 is 1.26 bits per heavy atom. The molecule has 0 aromatic heterocycles. The Bertz CT molecular complexity index is 380. The summed E-state index contributed by atoms with van der Waals surface area (Å²) in [4.78, 5) is 0. The summed E-state index contributed by atoms with van der Waals surface area (Å²) in [6.07, 6.45) is 2.58. The lowest BCUT2D eigenvalue weighted by Crippen LogP contribution is -2.36. The van der Waals surface area contributed by atoms with Crippen LogP contribution in [-0.2, 0) is 6.54 Å². The SMILES string of the molecule is CC(CNC1CC1)NCc1ccc(OC(F)F)cc1. The second kappa shape index (κ2) is 6.82. The zero-order valence-electron chi connectivity index (χ0n) is 11.0. The summed E-state index contributed by atoms with van der Waals surface area (Å²) in [6.45, 7) is 1.04. The highest BCUT2D eigenvalue weighted by Gasteiger charge is 2.20. The summed E-state index contributed by atoms with van der Waals surface area (Å²) in [7, 11) is 0. The summed E-state index contributed by atoms with van der Waals surface area (Å²) in [5.74, 6) is 0.196. The molecular weight excluding hydrogens is 250 g/mol. The zero-order chi connectivity index (χ0) is 13.7. The van der Waals surface area contributed by atoms with Crippen LogP contribution in [0.1, 0.15) is 25.3 Å². The van der Waals surface area contributed by atoms with Gasteiger partial charge in [0.25, 0.3) is 0 Å². The largest absolute Gasteiger partial charge is 0.435 e. The highest BCUT2D eigenvalue weighted by molar-refractivity contribution is 5.27. The van der Waals surface area contributed by atoms with E-state index in [4.69, 9.17) is 0 Å². The Balaban J connectivity index is 1.69. The molecule has 2 N–H and O–H groups in total. The first kappa shape index (κ1) is 14.2. The molecule has 1 unspecified atom stereocenters. The van der Waals surface area contributed by atoms with Crippen molar-refractivity contribution in [2.75, 3.05) is 6.54 Å². The van der Waals surface area contributed by atoms with Gasteiger partial charge in [-0.3, -0.25) is 0 Å². The van der Waals surface area contributed by atoms with Gasteiger partial charge in [-0.2, -0.15) is 8.78 Å². The van der Waals surface area contributed by atoms with Gasteiger partial charge in [-0.25, -0.2) is 0 Å². The van der Waals surface area contributed by atoms with Gasteiger partial charge in [0.15, 0.2) is 0 Å². The molecule has 1 aliphatic rings. The van der Waals surface area contributed by atoms with Crippen molar-refractivity contribution < 1.29 is 13.5 Å². The Kier molecular flexibility index (Phi) is 5.10. The van der Waals surface area contributed by atoms with E-state index in [0.29, 0.717) is 6.04 Å². The first-order valence-corrected chi connectivity index (χ1v) is 6.64. The number of rotatable bonds is 8. The molecule has 3 nitrogen and oxygen atoms in total. The number of benzene rings is 1. The predicted molar refractivity (Wildman–Crippen MR) is 70.4 cm³/mol. The van der Waals surface area contributed by atoms with Crippen molar-refractivity contribution in [2.24, 2.45) is 0 Å². The van der Waals surface area contributed by atoms with E-state index in [1.807, 2.05) is 0 Å². The van der Waals surface area contributed by atoms with Crippen molar-refractivity contribution in [1.29, 1.82) is 0 Å². The maximum atomic E-state index is 12.0. The molecular formula is C14H20F2N2O. The molecule has 2 rings (SSSR count). The van der Waals surface area contributed by atoms with Gasteiger partial charge in [-0.1, -0.05) is 12.1 Å². The van der Waals surface area contributed by atoms with Crippen molar-refractivity contribution in [3.8, 4) is 5.75 Å². The van der Waals surface area contributed by atoms with Crippen LogP contribution in [0.5, 0.6) is 5.75 Å². The number of halogens is 2. The molecule has 1 fully saturated rings. The first-order chi connectivity index (χ1) is 9.13. The fourth-order valence-electron chi connectivity index (χ4n) is 1.78. The van der Waals surface area contributed by atoms with Crippen LogP contribution < -0.4 is 15.4 Å². The van der Waals surface area contributed by atoms with Crippen LogP contribution in [0.15, 0.2) is 24.3 Å². The standard InChI is InChI=1S/C14H20F2N2O/c1-10(8-18-12-4-5-12)17-9-11-2-6-13(7-3-11)19-14(15)16/h2-3,6-7,10,12,14,17-18H,4-5,8-9H2,1H3. The lowest BCUT2D eigenvalue weighted by atomic mass is 10.2. The zero-order valence-corrected chi connectivity index (χ0v) is 11.0. The topological polar surface area (TPSA) is 33.3 Å².